The first kappa shape index (κ1) is 18.3. The molecule has 2 aromatic heterocycles. The summed E-state index contributed by atoms with van der Waals surface area (Å²) in [5, 5.41) is 4.95. The molecule has 3 aromatic rings. The zero-order valence-corrected chi connectivity index (χ0v) is 16.8. The number of likely N-dealkylation sites (tertiary alicyclic amines) is 1. The zero-order valence-electron chi connectivity index (χ0n) is 16.8. The summed E-state index contributed by atoms with van der Waals surface area (Å²) < 4.78 is 9.99. The second kappa shape index (κ2) is 7.28. The number of hydrogen-bond acceptors (Lipinski definition) is 4. The molecule has 150 valence electrons. The molecule has 4 heterocycles. The van der Waals surface area contributed by atoms with Crippen LogP contribution in [-0.2, 0) is 30.4 Å². The van der Waals surface area contributed by atoms with Crippen molar-refractivity contribution >= 4 is 0 Å². The van der Waals surface area contributed by atoms with Gasteiger partial charge in [0.2, 0.25) is 0 Å². The van der Waals surface area contributed by atoms with Gasteiger partial charge >= 0.3 is 0 Å². The van der Waals surface area contributed by atoms with E-state index < -0.39 is 0 Å². The Hall–Kier alpha value is -2.70. The Bertz CT molecular complexity index is 1060. The fourth-order valence-electron chi connectivity index (χ4n) is 4.58. The summed E-state index contributed by atoms with van der Waals surface area (Å²) in [6.07, 6.45) is 6.68. The van der Waals surface area contributed by atoms with E-state index in [9.17, 15) is 4.79 Å². The van der Waals surface area contributed by atoms with Crippen molar-refractivity contribution in [2.75, 3.05) is 19.7 Å². The van der Waals surface area contributed by atoms with E-state index in [1.807, 2.05) is 35.0 Å². The molecular formula is C23H26N4O2. The van der Waals surface area contributed by atoms with Crippen LogP contribution in [0.5, 0.6) is 0 Å². The van der Waals surface area contributed by atoms with Gasteiger partial charge in [0, 0.05) is 44.6 Å². The van der Waals surface area contributed by atoms with Gasteiger partial charge in [0.1, 0.15) is 5.60 Å². The molecule has 0 bridgehead atoms. The number of fused-ring (bicyclic) bond motifs is 2. The van der Waals surface area contributed by atoms with Gasteiger partial charge in [-0.3, -0.25) is 9.69 Å². The van der Waals surface area contributed by atoms with E-state index in [-0.39, 0.29) is 11.2 Å². The maximum atomic E-state index is 12.3. The smallest absolute Gasteiger partial charge is 0.254 e. The highest BCUT2D eigenvalue weighted by atomic mass is 16.5. The molecule has 0 atom stereocenters. The summed E-state index contributed by atoms with van der Waals surface area (Å²) in [6.45, 7) is 3.23. The molecule has 0 N–H and O–H groups in total. The molecule has 5 rings (SSSR count). The van der Waals surface area contributed by atoms with Gasteiger partial charge in [-0.25, -0.2) is 4.68 Å². The lowest BCUT2D eigenvalue weighted by atomic mass is 9.83. The largest absolute Gasteiger partial charge is 0.368 e. The van der Waals surface area contributed by atoms with Gasteiger partial charge in [-0.05, 0) is 43.0 Å². The predicted molar refractivity (Wildman–Crippen MR) is 111 cm³/mol. The monoisotopic (exact) mass is 390 g/mol. The molecule has 2 aliphatic heterocycles. The normalized spacial score (nSPS) is 18.7. The summed E-state index contributed by atoms with van der Waals surface area (Å²) in [4.78, 5) is 14.7. The maximum absolute atomic E-state index is 12.3. The Labute approximate surface area is 170 Å². The molecular weight excluding hydrogens is 364 g/mol. The molecule has 1 spiro atoms. The molecule has 1 saturated heterocycles. The zero-order chi connectivity index (χ0) is 19.8. The number of aryl methyl sites for hydroxylation is 1. The Kier molecular flexibility index (Phi) is 4.60. The van der Waals surface area contributed by atoms with Crippen molar-refractivity contribution in [3.8, 4) is 5.69 Å². The first-order chi connectivity index (χ1) is 14.1. The molecule has 0 saturated carbocycles. The topological polar surface area (TPSA) is 52.3 Å². The third kappa shape index (κ3) is 3.32. The molecule has 2 aliphatic rings. The molecule has 0 aliphatic carbocycles. The summed E-state index contributed by atoms with van der Waals surface area (Å²) >= 11 is 0. The molecule has 6 nitrogen and oxygen atoms in total. The van der Waals surface area contributed by atoms with Crippen LogP contribution in [0.25, 0.3) is 5.69 Å². The van der Waals surface area contributed by atoms with Crippen molar-refractivity contribution in [2.24, 2.45) is 7.05 Å². The van der Waals surface area contributed by atoms with E-state index in [0.717, 1.165) is 55.9 Å². The van der Waals surface area contributed by atoms with Crippen molar-refractivity contribution in [3.05, 3.63) is 82.0 Å². The SMILES string of the molecule is Cn1cccc(CN2CCC3(CC2)OCCc2cn(-c4ccccc4)nc23)c1=O. The van der Waals surface area contributed by atoms with Gasteiger partial charge in [-0.15, -0.1) is 0 Å². The Morgan fingerprint density at radius 2 is 1.90 bits per heavy atom. The van der Waals surface area contributed by atoms with Crippen LogP contribution in [-0.4, -0.2) is 38.9 Å². The third-order valence-corrected chi connectivity index (χ3v) is 6.25. The molecule has 0 radical (unpaired) electrons. The summed E-state index contributed by atoms with van der Waals surface area (Å²) in [6, 6.07) is 14.1. The van der Waals surface area contributed by atoms with Crippen LogP contribution in [0.3, 0.4) is 0 Å². The number of benzene rings is 1. The second-order valence-corrected chi connectivity index (χ2v) is 8.10. The average Bonchev–Trinajstić information content (AvgIpc) is 3.20. The lowest BCUT2D eigenvalue weighted by Crippen LogP contribution is -2.46. The van der Waals surface area contributed by atoms with E-state index in [1.165, 1.54) is 5.56 Å². The highest BCUT2D eigenvalue weighted by Crippen LogP contribution is 2.41. The van der Waals surface area contributed by atoms with Crippen molar-refractivity contribution in [1.82, 2.24) is 19.2 Å². The van der Waals surface area contributed by atoms with Crippen LogP contribution in [0.15, 0.2) is 59.7 Å². The van der Waals surface area contributed by atoms with Crippen molar-refractivity contribution in [1.29, 1.82) is 0 Å². The van der Waals surface area contributed by atoms with E-state index in [4.69, 9.17) is 9.84 Å². The van der Waals surface area contributed by atoms with Gasteiger partial charge in [0.05, 0.1) is 18.0 Å². The van der Waals surface area contributed by atoms with Crippen LogP contribution in [0.4, 0.5) is 0 Å². The van der Waals surface area contributed by atoms with Gasteiger partial charge in [0.15, 0.2) is 0 Å². The number of ether oxygens (including phenoxy) is 1. The highest BCUT2D eigenvalue weighted by molar-refractivity contribution is 5.35. The van der Waals surface area contributed by atoms with Crippen LogP contribution in [0.2, 0.25) is 0 Å². The predicted octanol–water partition coefficient (Wildman–Crippen LogP) is 2.64. The van der Waals surface area contributed by atoms with Crippen LogP contribution in [0, 0.1) is 0 Å². The number of nitrogens with zero attached hydrogens (tertiary/aromatic N) is 4. The Balaban J connectivity index is 1.36. The first-order valence-electron chi connectivity index (χ1n) is 10.3. The minimum Gasteiger partial charge on any atom is -0.368 e. The molecule has 29 heavy (non-hydrogen) atoms. The van der Waals surface area contributed by atoms with Gasteiger partial charge in [-0.1, -0.05) is 24.3 Å². The van der Waals surface area contributed by atoms with E-state index >= 15 is 0 Å². The van der Waals surface area contributed by atoms with E-state index in [2.05, 4.69) is 23.2 Å². The fourth-order valence-corrected chi connectivity index (χ4v) is 4.58. The summed E-state index contributed by atoms with van der Waals surface area (Å²) in [5.74, 6) is 0. The maximum Gasteiger partial charge on any atom is 0.254 e. The summed E-state index contributed by atoms with van der Waals surface area (Å²) in [7, 11) is 1.80. The van der Waals surface area contributed by atoms with Gasteiger partial charge in [-0.2, -0.15) is 5.10 Å². The van der Waals surface area contributed by atoms with Gasteiger partial charge < -0.3 is 9.30 Å². The van der Waals surface area contributed by atoms with Crippen LogP contribution >= 0.6 is 0 Å². The number of aromatic nitrogens is 3. The van der Waals surface area contributed by atoms with E-state index in [1.54, 1.807) is 17.8 Å². The second-order valence-electron chi connectivity index (χ2n) is 8.10. The fraction of sp³-hybridized carbons (Fsp3) is 0.391. The molecule has 1 aromatic carbocycles. The molecule has 0 unspecified atom stereocenters. The molecule has 6 heteroatoms. The lowest BCUT2D eigenvalue weighted by molar-refractivity contribution is -0.102. The number of para-hydroxylation sites is 1. The molecule has 0 amide bonds. The summed E-state index contributed by atoms with van der Waals surface area (Å²) in [5.41, 5.74) is 4.11. The molecule has 1 fully saturated rings. The van der Waals surface area contributed by atoms with Gasteiger partial charge in [0.25, 0.3) is 5.56 Å². The lowest BCUT2D eigenvalue weighted by Gasteiger charge is -2.43. The van der Waals surface area contributed by atoms with Crippen LogP contribution < -0.4 is 5.56 Å². The minimum absolute atomic E-state index is 0.0885. The standard InChI is InChI=1S/C23H26N4O2/c1-25-12-5-6-19(22(25)28)16-26-13-10-23(11-14-26)21-18(9-15-29-23)17-27(24-21)20-7-3-2-4-8-20/h2-8,12,17H,9-11,13-16H2,1H3. The number of rotatable bonds is 3. The quantitative estimate of drug-likeness (QED) is 0.690. The average molecular weight is 390 g/mol. The van der Waals surface area contributed by atoms with Crippen molar-refractivity contribution in [3.63, 3.8) is 0 Å². The number of piperidine rings is 1. The minimum atomic E-state index is -0.300. The van der Waals surface area contributed by atoms with Crippen LogP contribution in [0.1, 0.15) is 29.7 Å². The van der Waals surface area contributed by atoms with Crippen molar-refractivity contribution in [2.45, 2.75) is 31.4 Å². The van der Waals surface area contributed by atoms with E-state index in [0.29, 0.717) is 6.54 Å². The Morgan fingerprint density at radius 1 is 1.10 bits per heavy atom. The third-order valence-electron chi connectivity index (χ3n) is 6.25. The highest BCUT2D eigenvalue weighted by Gasteiger charge is 2.43. The number of pyridine rings is 1. The Morgan fingerprint density at radius 3 is 2.69 bits per heavy atom. The first-order valence-corrected chi connectivity index (χ1v) is 10.3. The number of hydrogen-bond donors (Lipinski definition) is 0. The van der Waals surface area contributed by atoms with Crippen molar-refractivity contribution < 1.29 is 4.74 Å².